The summed E-state index contributed by atoms with van der Waals surface area (Å²) in [6.07, 6.45) is 0. The summed E-state index contributed by atoms with van der Waals surface area (Å²) in [6, 6.07) is 7.84. The molecule has 0 saturated heterocycles. The number of Topliss-reactive ketones (excluding diaryl/α,β-unsaturated/α-hetero) is 1. The van der Waals surface area contributed by atoms with Gasteiger partial charge < -0.3 is 4.74 Å². The van der Waals surface area contributed by atoms with Crippen LogP contribution < -0.4 is 0 Å². The van der Waals surface area contributed by atoms with Gasteiger partial charge in [-0.1, -0.05) is 23.9 Å². The molecule has 0 amide bonds. The molecule has 0 fully saturated rings. The third kappa shape index (κ3) is 3.63. The minimum Gasteiger partial charge on any atom is -0.465 e. The zero-order valence-corrected chi connectivity index (χ0v) is 13.8. The van der Waals surface area contributed by atoms with E-state index in [1.165, 1.54) is 11.8 Å². The molecule has 4 nitrogen and oxygen atoms in total. The maximum Gasteiger partial charge on any atom is 0.319 e. The van der Waals surface area contributed by atoms with Gasteiger partial charge >= 0.3 is 5.97 Å². The SMILES string of the molecule is CCOC(=O)C(C)(C)C(=O)CSc1nc2ccccc2s1. The summed E-state index contributed by atoms with van der Waals surface area (Å²) in [5, 5.41) is 0. The Kier molecular flexibility index (Phi) is 5.00. The Balaban J connectivity index is 2.01. The van der Waals surface area contributed by atoms with Gasteiger partial charge in [0.2, 0.25) is 0 Å². The minimum atomic E-state index is -1.11. The van der Waals surface area contributed by atoms with Crippen LogP contribution in [0.5, 0.6) is 0 Å². The number of fused-ring (bicyclic) bond motifs is 1. The molecule has 112 valence electrons. The van der Waals surface area contributed by atoms with E-state index in [0.29, 0.717) is 0 Å². The van der Waals surface area contributed by atoms with Crippen LogP contribution in [0.25, 0.3) is 10.2 Å². The van der Waals surface area contributed by atoms with Crippen LogP contribution in [0.1, 0.15) is 20.8 Å². The van der Waals surface area contributed by atoms with Crippen molar-refractivity contribution in [1.29, 1.82) is 0 Å². The van der Waals surface area contributed by atoms with Crippen LogP contribution in [0.4, 0.5) is 0 Å². The average molecular weight is 323 g/mol. The fraction of sp³-hybridized carbons (Fsp3) is 0.400. The highest BCUT2D eigenvalue weighted by molar-refractivity contribution is 8.01. The van der Waals surface area contributed by atoms with Crippen molar-refractivity contribution in [1.82, 2.24) is 4.98 Å². The first kappa shape index (κ1) is 16.0. The predicted molar refractivity (Wildman–Crippen MR) is 85.8 cm³/mol. The molecular weight excluding hydrogens is 306 g/mol. The van der Waals surface area contributed by atoms with E-state index in [0.717, 1.165) is 14.6 Å². The van der Waals surface area contributed by atoms with Gasteiger partial charge in [0.15, 0.2) is 10.1 Å². The maximum absolute atomic E-state index is 12.2. The molecule has 0 aliphatic carbocycles. The van der Waals surface area contributed by atoms with Crippen LogP contribution in [0.3, 0.4) is 0 Å². The Morgan fingerprint density at radius 2 is 2.05 bits per heavy atom. The Bertz CT molecular complexity index is 631. The molecule has 0 aliphatic heterocycles. The molecular formula is C15H17NO3S2. The molecule has 1 aromatic carbocycles. The summed E-state index contributed by atoms with van der Waals surface area (Å²) in [5.74, 6) is -0.406. The molecule has 2 rings (SSSR count). The molecule has 1 heterocycles. The van der Waals surface area contributed by atoms with Crippen LogP contribution in [0.2, 0.25) is 0 Å². The molecule has 0 bridgehead atoms. The number of aromatic nitrogens is 1. The Hall–Kier alpha value is -1.40. The van der Waals surface area contributed by atoms with Crippen LogP contribution >= 0.6 is 23.1 Å². The van der Waals surface area contributed by atoms with Crippen LogP contribution in [-0.2, 0) is 14.3 Å². The van der Waals surface area contributed by atoms with Crippen molar-refractivity contribution in [3.63, 3.8) is 0 Å². The van der Waals surface area contributed by atoms with Gasteiger partial charge in [0.25, 0.3) is 0 Å². The van der Waals surface area contributed by atoms with Crippen molar-refractivity contribution in [2.75, 3.05) is 12.4 Å². The van der Waals surface area contributed by atoms with Crippen molar-refractivity contribution in [3.05, 3.63) is 24.3 Å². The number of ether oxygens (including phenoxy) is 1. The first-order chi connectivity index (χ1) is 9.95. The summed E-state index contributed by atoms with van der Waals surface area (Å²) in [6.45, 7) is 5.22. The number of nitrogens with zero attached hydrogens (tertiary/aromatic N) is 1. The number of hydrogen-bond donors (Lipinski definition) is 0. The van der Waals surface area contributed by atoms with Gasteiger partial charge in [-0.05, 0) is 32.9 Å². The Morgan fingerprint density at radius 1 is 1.33 bits per heavy atom. The van der Waals surface area contributed by atoms with Gasteiger partial charge in [-0.3, -0.25) is 9.59 Å². The van der Waals surface area contributed by atoms with Gasteiger partial charge in [0.1, 0.15) is 5.41 Å². The van der Waals surface area contributed by atoms with Crippen LogP contribution in [0, 0.1) is 5.41 Å². The lowest BCUT2D eigenvalue weighted by atomic mass is 9.89. The molecule has 0 radical (unpaired) electrons. The van der Waals surface area contributed by atoms with E-state index in [1.807, 2.05) is 24.3 Å². The monoisotopic (exact) mass is 323 g/mol. The topological polar surface area (TPSA) is 56.3 Å². The summed E-state index contributed by atoms with van der Waals surface area (Å²) >= 11 is 2.92. The van der Waals surface area contributed by atoms with Crippen LogP contribution in [-0.4, -0.2) is 29.1 Å². The number of thiazole rings is 1. The quantitative estimate of drug-likeness (QED) is 0.462. The van der Waals surface area contributed by atoms with Crippen LogP contribution in [0.15, 0.2) is 28.6 Å². The van der Waals surface area contributed by atoms with Crippen molar-refractivity contribution in [3.8, 4) is 0 Å². The number of carbonyl (C=O) groups excluding carboxylic acids is 2. The van der Waals surface area contributed by atoms with Gasteiger partial charge in [-0.25, -0.2) is 4.98 Å². The fourth-order valence-corrected chi connectivity index (χ4v) is 3.80. The molecule has 0 saturated carbocycles. The first-order valence-electron chi connectivity index (χ1n) is 6.64. The largest absolute Gasteiger partial charge is 0.465 e. The van der Waals surface area contributed by atoms with E-state index in [-0.39, 0.29) is 18.1 Å². The first-order valence-corrected chi connectivity index (χ1v) is 8.44. The normalized spacial score (nSPS) is 11.6. The van der Waals surface area contributed by atoms with E-state index < -0.39 is 11.4 Å². The summed E-state index contributed by atoms with van der Waals surface area (Å²) < 4.78 is 6.88. The number of thioether (sulfide) groups is 1. The molecule has 6 heteroatoms. The number of rotatable bonds is 6. The molecule has 0 atom stereocenters. The lowest BCUT2D eigenvalue weighted by Crippen LogP contribution is -2.36. The fourth-order valence-electron chi connectivity index (χ4n) is 1.65. The number of carbonyl (C=O) groups is 2. The lowest BCUT2D eigenvalue weighted by Gasteiger charge is -2.20. The second-order valence-electron chi connectivity index (χ2n) is 5.00. The molecule has 0 N–H and O–H groups in total. The molecule has 1 aromatic heterocycles. The van der Waals surface area contributed by atoms with E-state index in [1.54, 1.807) is 32.1 Å². The third-order valence-corrected chi connectivity index (χ3v) is 5.26. The average Bonchev–Trinajstić information content (AvgIpc) is 2.87. The standard InChI is InChI=1S/C15H17NO3S2/c1-4-19-13(18)15(2,3)12(17)9-20-14-16-10-7-5-6-8-11(10)21-14/h5-8H,4,9H2,1-3H3. The molecule has 0 aliphatic rings. The van der Waals surface area contributed by atoms with Crippen molar-refractivity contribution in [2.24, 2.45) is 5.41 Å². The summed E-state index contributed by atoms with van der Waals surface area (Å²) in [4.78, 5) is 28.5. The maximum atomic E-state index is 12.2. The number of esters is 1. The Morgan fingerprint density at radius 3 is 2.71 bits per heavy atom. The zero-order chi connectivity index (χ0) is 15.5. The summed E-state index contributed by atoms with van der Waals surface area (Å²) in [7, 11) is 0. The third-order valence-electron chi connectivity index (χ3n) is 3.08. The van der Waals surface area contributed by atoms with Crippen molar-refractivity contribution >= 4 is 45.1 Å². The molecule has 0 spiro atoms. The molecule has 0 unspecified atom stereocenters. The second-order valence-corrected chi connectivity index (χ2v) is 7.26. The van der Waals surface area contributed by atoms with Gasteiger partial charge in [0, 0.05) is 0 Å². The predicted octanol–water partition coefficient (Wildman–Crippen LogP) is 3.55. The zero-order valence-electron chi connectivity index (χ0n) is 12.2. The van der Waals surface area contributed by atoms with E-state index in [2.05, 4.69) is 4.98 Å². The lowest BCUT2D eigenvalue weighted by molar-refractivity contribution is -0.157. The highest BCUT2D eigenvalue weighted by atomic mass is 32.2. The second kappa shape index (κ2) is 6.58. The number of benzene rings is 1. The van der Waals surface area contributed by atoms with E-state index in [4.69, 9.17) is 4.74 Å². The van der Waals surface area contributed by atoms with E-state index in [9.17, 15) is 9.59 Å². The highest BCUT2D eigenvalue weighted by Gasteiger charge is 2.37. The van der Waals surface area contributed by atoms with Gasteiger partial charge in [-0.2, -0.15) is 0 Å². The smallest absolute Gasteiger partial charge is 0.319 e. The summed E-state index contributed by atoms with van der Waals surface area (Å²) in [5.41, 5.74) is -0.179. The van der Waals surface area contributed by atoms with Gasteiger partial charge in [-0.15, -0.1) is 11.3 Å². The molecule has 21 heavy (non-hydrogen) atoms. The minimum absolute atomic E-state index is 0.148. The van der Waals surface area contributed by atoms with Crippen molar-refractivity contribution in [2.45, 2.75) is 25.1 Å². The van der Waals surface area contributed by atoms with E-state index >= 15 is 0 Å². The van der Waals surface area contributed by atoms with Gasteiger partial charge in [0.05, 0.1) is 22.6 Å². The number of para-hydroxylation sites is 1. The highest BCUT2D eigenvalue weighted by Crippen LogP contribution is 2.31. The number of hydrogen-bond acceptors (Lipinski definition) is 6. The Labute approximate surface area is 131 Å². The number of ketones is 1. The molecule has 2 aromatic rings. The van der Waals surface area contributed by atoms with Crippen molar-refractivity contribution < 1.29 is 14.3 Å².